The Balaban J connectivity index is 1.51. The van der Waals surface area contributed by atoms with E-state index >= 15 is 0 Å². The molecule has 2 aromatic rings. The molecule has 23 heavy (non-hydrogen) atoms. The largest absolute Gasteiger partial charge is 0.458 e. The second-order valence-corrected chi connectivity index (χ2v) is 6.33. The second kappa shape index (κ2) is 7.42. The Morgan fingerprint density at radius 2 is 2.13 bits per heavy atom. The highest BCUT2D eigenvalue weighted by molar-refractivity contribution is 7.71. The summed E-state index contributed by atoms with van der Waals surface area (Å²) in [4.78, 5) is 18.2. The van der Waals surface area contributed by atoms with Crippen LogP contribution in [0.1, 0.15) is 35.3 Å². The average Bonchev–Trinajstić information content (AvgIpc) is 2.99. The van der Waals surface area contributed by atoms with E-state index in [2.05, 4.69) is 16.0 Å². The molecule has 0 saturated heterocycles. The van der Waals surface area contributed by atoms with Crippen molar-refractivity contribution in [3.05, 3.63) is 64.2 Å². The summed E-state index contributed by atoms with van der Waals surface area (Å²) in [5.74, 6) is 0.301. The monoisotopic (exact) mass is 328 g/mol. The summed E-state index contributed by atoms with van der Waals surface area (Å²) in [6, 6.07) is 9.11. The number of benzene rings is 1. The van der Waals surface area contributed by atoms with Crippen LogP contribution in [0.25, 0.3) is 0 Å². The Bertz CT molecular complexity index is 746. The number of aromatic nitrogens is 2. The van der Waals surface area contributed by atoms with E-state index in [4.69, 9.17) is 17.0 Å². The number of carbonyl (C=O) groups excluding carboxylic acids is 1. The Morgan fingerprint density at radius 1 is 1.30 bits per heavy atom. The normalized spacial score (nSPS) is 17.6. The van der Waals surface area contributed by atoms with Crippen molar-refractivity contribution in [2.24, 2.45) is 5.92 Å². The van der Waals surface area contributed by atoms with Gasteiger partial charge in [0.15, 0.2) is 4.77 Å². The Morgan fingerprint density at radius 3 is 2.87 bits per heavy atom. The summed E-state index contributed by atoms with van der Waals surface area (Å²) in [6.45, 7) is 0.382. The SMILES string of the molecule is O=C(OCC1=CCC[C@H](Cc2c[nH]c(=S)[nH]2)C1)c1ccccc1. The molecule has 3 rings (SSSR count). The first kappa shape index (κ1) is 15.7. The van der Waals surface area contributed by atoms with Gasteiger partial charge in [0.25, 0.3) is 0 Å². The number of H-pyrrole nitrogens is 2. The number of carbonyl (C=O) groups is 1. The van der Waals surface area contributed by atoms with Crippen LogP contribution in [0.3, 0.4) is 0 Å². The molecule has 0 fully saturated rings. The molecule has 0 amide bonds. The molecule has 1 aliphatic carbocycles. The molecule has 0 aliphatic heterocycles. The van der Waals surface area contributed by atoms with Gasteiger partial charge in [-0.15, -0.1) is 0 Å². The lowest BCUT2D eigenvalue weighted by molar-refractivity contribution is 0.0533. The number of ether oxygens (including phenoxy) is 1. The smallest absolute Gasteiger partial charge is 0.338 e. The molecule has 1 atom stereocenters. The Kier molecular flexibility index (Phi) is 5.08. The molecule has 4 nitrogen and oxygen atoms in total. The second-order valence-electron chi connectivity index (χ2n) is 5.92. The minimum atomic E-state index is -0.261. The fourth-order valence-corrected chi connectivity index (χ4v) is 3.17. The third kappa shape index (κ3) is 4.42. The van der Waals surface area contributed by atoms with Crippen LogP contribution in [-0.2, 0) is 11.2 Å². The van der Waals surface area contributed by atoms with Gasteiger partial charge in [0, 0.05) is 11.9 Å². The number of rotatable bonds is 5. The third-order valence-corrected chi connectivity index (χ3v) is 4.34. The zero-order valence-corrected chi connectivity index (χ0v) is 13.7. The number of imidazole rings is 1. The summed E-state index contributed by atoms with van der Waals surface area (Å²) in [5.41, 5.74) is 2.95. The minimum Gasteiger partial charge on any atom is -0.458 e. The van der Waals surface area contributed by atoms with Crippen molar-refractivity contribution < 1.29 is 9.53 Å². The van der Waals surface area contributed by atoms with Crippen LogP contribution in [0.15, 0.2) is 48.2 Å². The molecule has 0 bridgehead atoms. The van der Waals surface area contributed by atoms with Gasteiger partial charge in [-0.25, -0.2) is 4.79 Å². The number of allylic oxidation sites excluding steroid dienone is 1. The predicted octanol–water partition coefficient (Wildman–Crippen LogP) is 4.20. The minimum absolute atomic E-state index is 0.261. The van der Waals surface area contributed by atoms with Crippen LogP contribution in [0, 0.1) is 10.7 Å². The molecule has 2 N–H and O–H groups in total. The lowest BCUT2D eigenvalue weighted by Gasteiger charge is -2.22. The highest BCUT2D eigenvalue weighted by Crippen LogP contribution is 2.27. The molecule has 1 aromatic carbocycles. The quantitative estimate of drug-likeness (QED) is 0.491. The molecular formula is C18H20N2O2S. The molecule has 5 heteroatoms. The van der Waals surface area contributed by atoms with Crippen molar-refractivity contribution in [2.75, 3.05) is 6.61 Å². The number of nitrogens with one attached hydrogen (secondary N) is 2. The van der Waals surface area contributed by atoms with E-state index in [1.807, 2.05) is 24.4 Å². The van der Waals surface area contributed by atoms with Crippen molar-refractivity contribution in [1.82, 2.24) is 9.97 Å². The zero-order valence-electron chi connectivity index (χ0n) is 12.9. The molecule has 0 spiro atoms. The number of aromatic amines is 2. The van der Waals surface area contributed by atoms with Crippen LogP contribution in [0.5, 0.6) is 0 Å². The lowest BCUT2D eigenvalue weighted by Crippen LogP contribution is -2.15. The van der Waals surface area contributed by atoms with Crippen LogP contribution < -0.4 is 0 Å². The predicted molar refractivity (Wildman–Crippen MR) is 91.8 cm³/mol. The molecule has 1 aromatic heterocycles. The summed E-state index contributed by atoms with van der Waals surface area (Å²) < 4.78 is 6.10. The van der Waals surface area contributed by atoms with Gasteiger partial charge >= 0.3 is 5.97 Å². The fraction of sp³-hybridized carbons (Fsp3) is 0.333. The van der Waals surface area contributed by atoms with Gasteiger partial charge in [-0.3, -0.25) is 0 Å². The maximum atomic E-state index is 12.0. The van der Waals surface area contributed by atoms with Gasteiger partial charge < -0.3 is 14.7 Å². The first-order valence-corrected chi connectivity index (χ1v) is 8.28. The van der Waals surface area contributed by atoms with Crippen molar-refractivity contribution >= 4 is 18.2 Å². The van der Waals surface area contributed by atoms with E-state index in [0.29, 0.717) is 22.9 Å². The van der Waals surface area contributed by atoms with Crippen molar-refractivity contribution in [3.63, 3.8) is 0 Å². The molecule has 1 aliphatic rings. The van der Waals surface area contributed by atoms with Gasteiger partial charge in [-0.05, 0) is 61.5 Å². The third-order valence-electron chi connectivity index (χ3n) is 4.12. The summed E-state index contributed by atoms with van der Waals surface area (Å²) in [5, 5.41) is 0. The van der Waals surface area contributed by atoms with Crippen LogP contribution in [0.2, 0.25) is 0 Å². The molecule has 1 heterocycles. The average molecular weight is 328 g/mol. The fourth-order valence-electron chi connectivity index (χ4n) is 2.98. The van der Waals surface area contributed by atoms with Crippen LogP contribution >= 0.6 is 12.2 Å². The standard InChI is InChI=1S/C18H20N2O2S/c21-17(15-7-2-1-3-8-15)22-12-14-6-4-5-13(9-14)10-16-11-19-18(23)20-16/h1-3,6-8,11,13H,4-5,9-10,12H2,(H2,19,20,23)/t13-/m0/s1. The number of esters is 1. The van der Waals surface area contributed by atoms with Gasteiger partial charge in [-0.1, -0.05) is 24.3 Å². The first-order valence-electron chi connectivity index (χ1n) is 7.87. The maximum absolute atomic E-state index is 12.0. The first-order chi connectivity index (χ1) is 11.2. The van der Waals surface area contributed by atoms with E-state index in [1.54, 1.807) is 12.1 Å². The van der Waals surface area contributed by atoms with Crippen molar-refractivity contribution in [2.45, 2.75) is 25.7 Å². The van der Waals surface area contributed by atoms with Gasteiger partial charge in [-0.2, -0.15) is 0 Å². The van der Waals surface area contributed by atoms with E-state index in [1.165, 1.54) is 5.57 Å². The Labute approximate surface area is 140 Å². The molecule has 0 saturated carbocycles. The van der Waals surface area contributed by atoms with Crippen molar-refractivity contribution in [3.8, 4) is 0 Å². The topological polar surface area (TPSA) is 57.9 Å². The zero-order chi connectivity index (χ0) is 16.1. The van der Waals surface area contributed by atoms with Gasteiger partial charge in [0.1, 0.15) is 6.61 Å². The molecule has 0 unspecified atom stereocenters. The maximum Gasteiger partial charge on any atom is 0.338 e. The highest BCUT2D eigenvalue weighted by atomic mass is 32.1. The van der Waals surface area contributed by atoms with Gasteiger partial charge in [0.2, 0.25) is 0 Å². The van der Waals surface area contributed by atoms with E-state index in [-0.39, 0.29) is 5.97 Å². The van der Waals surface area contributed by atoms with E-state index in [0.717, 1.165) is 31.4 Å². The van der Waals surface area contributed by atoms with E-state index < -0.39 is 0 Å². The highest BCUT2D eigenvalue weighted by Gasteiger charge is 2.18. The number of hydrogen-bond donors (Lipinski definition) is 2. The van der Waals surface area contributed by atoms with Crippen LogP contribution in [0.4, 0.5) is 0 Å². The summed E-state index contributed by atoms with van der Waals surface area (Å²) >= 11 is 5.06. The molecule has 120 valence electrons. The molecular weight excluding hydrogens is 308 g/mol. The van der Waals surface area contributed by atoms with Crippen molar-refractivity contribution in [1.29, 1.82) is 0 Å². The summed E-state index contributed by atoms with van der Waals surface area (Å²) in [6.07, 6.45) is 8.27. The van der Waals surface area contributed by atoms with E-state index in [9.17, 15) is 4.79 Å². The van der Waals surface area contributed by atoms with Crippen LogP contribution in [-0.4, -0.2) is 22.5 Å². The number of hydrogen-bond acceptors (Lipinski definition) is 3. The van der Waals surface area contributed by atoms with Gasteiger partial charge in [0.05, 0.1) is 5.56 Å². The lowest BCUT2D eigenvalue weighted by atomic mass is 9.86. The Hall–Kier alpha value is -2.14. The molecule has 0 radical (unpaired) electrons. The summed E-state index contributed by atoms with van der Waals surface area (Å²) in [7, 11) is 0.